The van der Waals surface area contributed by atoms with Crippen molar-refractivity contribution < 1.29 is 14.7 Å². The van der Waals surface area contributed by atoms with Crippen LogP contribution < -0.4 is 5.32 Å². The van der Waals surface area contributed by atoms with Crippen molar-refractivity contribution >= 4 is 22.9 Å². The van der Waals surface area contributed by atoms with Crippen molar-refractivity contribution in [3.8, 4) is 0 Å². The largest absolute Gasteiger partial charge is 0.480 e. The van der Waals surface area contributed by atoms with Gasteiger partial charge in [-0.3, -0.25) is 4.79 Å². The summed E-state index contributed by atoms with van der Waals surface area (Å²) in [6, 6.07) is 0.861. The van der Waals surface area contributed by atoms with Gasteiger partial charge in [0.1, 0.15) is 6.04 Å². The molecular formula is C17H24N4O3. The topological polar surface area (TPSA) is 97.1 Å². The minimum atomic E-state index is -1.03. The maximum atomic E-state index is 12.6. The first kappa shape index (κ1) is 17.9. The summed E-state index contributed by atoms with van der Waals surface area (Å²) in [7, 11) is 0. The third kappa shape index (κ3) is 3.72. The molecular weight excluding hydrogens is 308 g/mol. The van der Waals surface area contributed by atoms with E-state index >= 15 is 0 Å². The zero-order valence-electron chi connectivity index (χ0n) is 14.7. The number of carbonyl (C=O) groups is 2. The molecule has 0 aliphatic carbocycles. The molecule has 0 fully saturated rings. The number of aromatic nitrogens is 3. The fourth-order valence-electron chi connectivity index (χ4n) is 2.64. The minimum Gasteiger partial charge on any atom is -0.480 e. The van der Waals surface area contributed by atoms with E-state index in [0.717, 1.165) is 0 Å². The standard InChI is InChI=1S/C17H24N4O3/c1-9(2)6-14(17(23)24)20-16(22)12-7-11(5)19-15-13(12)8-18-21(15)10(3)4/h7-10,14H,6H2,1-5H3,(H,20,22)(H,23,24)/t14-/m0/s1. The number of nitrogens with zero attached hydrogens (tertiary/aromatic N) is 3. The van der Waals surface area contributed by atoms with Gasteiger partial charge in [-0.1, -0.05) is 13.8 Å². The Hall–Kier alpha value is -2.44. The number of hydrogen-bond donors (Lipinski definition) is 2. The summed E-state index contributed by atoms with van der Waals surface area (Å²) in [6.07, 6.45) is 1.98. The van der Waals surface area contributed by atoms with Crippen LogP contribution in [0.4, 0.5) is 0 Å². The fourth-order valence-corrected chi connectivity index (χ4v) is 2.64. The van der Waals surface area contributed by atoms with Gasteiger partial charge in [-0.2, -0.15) is 5.10 Å². The Morgan fingerprint density at radius 1 is 1.29 bits per heavy atom. The van der Waals surface area contributed by atoms with E-state index in [1.165, 1.54) is 0 Å². The van der Waals surface area contributed by atoms with Crippen LogP contribution in [0.2, 0.25) is 0 Å². The Labute approximate surface area is 141 Å². The van der Waals surface area contributed by atoms with Crippen LogP contribution in [-0.2, 0) is 4.79 Å². The minimum absolute atomic E-state index is 0.112. The molecule has 2 N–H and O–H groups in total. The first-order chi connectivity index (χ1) is 11.2. The van der Waals surface area contributed by atoms with E-state index < -0.39 is 17.9 Å². The SMILES string of the molecule is Cc1cc(C(=O)N[C@@H](CC(C)C)C(=O)O)c2cnn(C(C)C)c2n1. The summed E-state index contributed by atoms with van der Waals surface area (Å²) in [6.45, 7) is 9.61. The van der Waals surface area contributed by atoms with Crippen molar-refractivity contribution in [3.63, 3.8) is 0 Å². The molecule has 0 saturated heterocycles. The van der Waals surface area contributed by atoms with Crippen molar-refractivity contribution in [2.45, 2.75) is 53.1 Å². The smallest absolute Gasteiger partial charge is 0.326 e. The number of aryl methyl sites for hydroxylation is 1. The molecule has 2 heterocycles. The van der Waals surface area contributed by atoms with Gasteiger partial charge in [0.25, 0.3) is 5.91 Å². The molecule has 0 spiro atoms. The number of carboxylic acid groups (broad SMARTS) is 1. The van der Waals surface area contributed by atoms with Crippen LogP contribution in [0.5, 0.6) is 0 Å². The second-order valence-corrected chi connectivity index (χ2v) is 6.73. The van der Waals surface area contributed by atoms with Gasteiger partial charge in [0.05, 0.1) is 17.1 Å². The van der Waals surface area contributed by atoms with Crippen LogP contribution in [0.25, 0.3) is 11.0 Å². The lowest BCUT2D eigenvalue weighted by Crippen LogP contribution is -2.41. The third-order valence-electron chi connectivity index (χ3n) is 3.74. The normalized spacial score (nSPS) is 12.8. The van der Waals surface area contributed by atoms with Gasteiger partial charge in [0, 0.05) is 11.7 Å². The number of aliphatic carboxylic acids is 1. The highest BCUT2D eigenvalue weighted by Gasteiger charge is 2.24. The molecule has 0 aliphatic rings. The molecule has 1 atom stereocenters. The molecule has 7 nitrogen and oxygen atoms in total. The van der Waals surface area contributed by atoms with E-state index in [1.54, 1.807) is 23.9 Å². The lowest BCUT2D eigenvalue weighted by Gasteiger charge is -2.17. The van der Waals surface area contributed by atoms with Crippen molar-refractivity contribution in [1.29, 1.82) is 0 Å². The van der Waals surface area contributed by atoms with Gasteiger partial charge in [0.2, 0.25) is 0 Å². The summed E-state index contributed by atoms with van der Waals surface area (Å²) in [5, 5.41) is 16.9. The van der Waals surface area contributed by atoms with Gasteiger partial charge in [-0.05, 0) is 39.2 Å². The van der Waals surface area contributed by atoms with Gasteiger partial charge in [-0.15, -0.1) is 0 Å². The highest BCUT2D eigenvalue weighted by atomic mass is 16.4. The maximum absolute atomic E-state index is 12.6. The molecule has 2 rings (SSSR count). The van der Waals surface area contributed by atoms with Crippen LogP contribution in [0.1, 0.15) is 56.2 Å². The second kappa shape index (κ2) is 6.98. The van der Waals surface area contributed by atoms with Crippen LogP contribution in [0, 0.1) is 12.8 Å². The Balaban J connectivity index is 2.40. The average Bonchev–Trinajstić information content (AvgIpc) is 2.88. The molecule has 0 aliphatic heterocycles. The number of rotatable bonds is 6. The molecule has 0 radical (unpaired) electrons. The number of hydrogen-bond acceptors (Lipinski definition) is 4. The number of amides is 1. The van der Waals surface area contributed by atoms with Crippen molar-refractivity contribution in [2.75, 3.05) is 0 Å². The lowest BCUT2D eigenvalue weighted by atomic mass is 10.0. The third-order valence-corrected chi connectivity index (χ3v) is 3.74. The number of pyridine rings is 1. The van der Waals surface area contributed by atoms with Gasteiger partial charge in [0.15, 0.2) is 5.65 Å². The Kier molecular flexibility index (Phi) is 5.21. The highest BCUT2D eigenvalue weighted by Crippen LogP contribution is 2.21. The Morgan fingerprint density at radius 2 is 1.96 bits per heavy atom. The van der Waals surface area contributed by atoms with Crippen LogP contribution in [0.3, 0.4) is 0 Å². The summed E-state index contributed by atoms with van der Waals surface area (Å²) < 4.78 is 1.75. The summed E-state index contributed by atoms with van der Waals surface area (Å²) in [4.78, 5) is 28.5. The van der Waals surface area contributed by atoms with Crippen LogP contribution in [-0.4, -0.2) is 37.8 Å². The van der Waals surface area contributed by atoms with Gasteiger partial charge in [-0.25, -0.2) is 14.5 Å². The van der Waals surface area contributed by atoms with Gasteiger partial charge >= 0.3 is 5.97 Å². The number of nitrogens with one attached hydrogen (secondary N) is 1. The Morgan fingerprint density at radius 3 is 2.50 bits per heavy atom. The molecule has 130 valence electrons. The van der Waals surface area contributed by atoms with Crippen LogP contribution >= 0.6 is 0 Å². The highest BCUT2D eigenvalue weighted by molar-refractivity contribution is 6.06. The van der Waals surface area contributed by atoms with E-state index in [9.17, 15) is 14.7 Å². The van der Waals surface area contributed by atoms with E-state index in [0.29, 0.717) is 28.7 Å². The van der Waals surface area contributed by atoms with Crippen molar-refractivity contribution in [2.24, 2.45) is 5.92 Å². The second-order valence-electron chi connectivity index (χ2n) is 6.73. The average molecular weight is 332 g/mol. The van der Waals surface area contributed by atoms with Crippen molar-refractivity contribution in [3.05, 3.63) is 23.5 Å². The molecule has 1 amide bonds. The van der Waals surface area contributed by atoms with E-state index in [4.69, 9.17) is 0 Å². The molecule has 2 aromatic heterocycles. The van der Waals surface area contributed by atoms with E-state index in [-0.39, 0.29) is 12.0 Å². The van der Waals surface area contributed by atoms with Crippen LogP contribution in [0.15, 0.2) is 12.3 Å². The van der Waals surface area contributed by atoms with E-state index in [1.807, 2.05) is 27.7 Å². The molecule has 0 saturated carbocycles. The summed E-state index contributed by atoms with van der Waals surface area (Å²) >= 11 is 0. The quantitative estimate of drug-likeness (QED) is 0.847. The summed E-state index contributed by atoms with van der Waals surface area (Å²) in [5.41, 5.74) is 1.72. The van der Waals surface area contributed by atoms with Gasteiger partial charge < -0.3 is 10.4 Å². The zero-order valence-corrected chi connectivity index (χ0v) is 14.7. The molecule has 2 aromatic rings. The monoisotopic (exact) mass is 332 g/mol. The van der Waals surface area contributed by atoms with Crippen molar-refractivity contribution in [1.82, 2.24) is 20.1 Å². The van der Waals surface area contributed by atoms with E-state index in [2.05, 4.69) is 15.4 Å². The predicted octanol–water partition coefficient (Wildman–Crippen LogP) is 2.55. The molecule has 24 heavy (non-hydrogen) atoms. The first-order valence-corrected chi connectivity index (χ1v) is 8.09. The number of fused-ring (bicyclic) bond motifs is 1. The number of carboxylic acids is 1. The maximum Gasteiger partial charge on any atom is 0.326 e. The lowest BCUT2D eigenvalue weighted by molar-refractivity contribution is -0.139. The molecule has 0 aromatic carbocycles. The Bertz CT molecular complexity index is 765. The number of carbonyl (C=O) groups excluding carboxylic acids is 1. The molecule has 0 unspecified atom stereocenters. The zero-order chi connectivity index (χ0) is 18.0. The fraction of sp³-hybridized carbons (Fsp3) is 0.529. The predicted molar refractivity (Wildman–Crippen MR) is 91.0 cm³/mol. The summed E-state index contributed by atoms with van der Waals surface area (Å²) in [5.74, 6) is -1.28. The molecule has 7 heteroatoms. The molecule has 0 bridgehead atoms. The first-order valence-electron chi connectivity index (χ1n) is 8.09.